The molecule has 0 amide bonds. The fourth-order valence-corrected chi connectivity index (χ4v) is 6.41. The van der Waals surface area contributed by atoms with Gasteiger partial charge in [-0.05, 0) is 38.5 Å². The van der Waals surface area contributed by atoms with Crippen LogP contribution < -0.4 is 0 Å². The third-order valence-corrected chi connectivity index (χ3v) is 9.59. The van der Waals surface area contributed by atoms with Gasteiger partial charge in [-0.1, -0.05) is 219 Å². The molecule has 0 rings (SSSR count). The van der Waals surface area contributed by atoms with E-state index in [0.717, 1.165) is 25.7 Å². The van der Waals surface area contributed by atoms with Crippen LogP contribution in [0.3, 0.4) is 0 Å². The molecule has 46 heavy (non-hydrogen) atoms. The van der Waals surface area contributed by atoms with Crippen molar-refractivity contribution in [3.05, 3.63) is 12.2 Å². The van der Waals surface area contributed by atoms with E-state index >= 15 is 0 Å². The second-order valence-corrected chi connectivity index (χ2v) is 14.3. The minimum absolute atomic E-state index is 0.475. The Labute approximate surface area is 290 Å². The SMILES string of the molecule is CCCCCCCCCC/C=C\CCCCCCCCOC(=O)OCCCCCCCCCCCCCCCCCCCCCC. The maximum absolute atomic E-state index is 11.8. The number of ether oxygens (including phenoxy) is 2. The molecule has 0 bridgehead atoms. The van der Waals surface area contributed by atoms with Crippen molar-refractivity contribution in [1.29, 1.82) is 0 Å². The lowest BCUT2D eigenvalue weighted by atomic mass is 10.0. The zero-order valence-electron chi connectivity index (χ0n) is 31.7. The average molecular weight is 649 g/mol. The Morgan fingerprint density at radius 1 is 0.326 bits per heavy atom. The summed E-state index contributed by atoms with van der Waals surface area (Å²) in [5.41, 5.74) is 0. The highest BCUT2D eigenvalue weighted by Crippen LogP contribution is 2.15. The second-order valence-electron chi connectivity index (χ2n) is 14.3. The van der Waals surface area contributed by atoms with Crippen LogP contribution in [0.5, 0.6) is 0 Å². The summed E-state index contributed by atoms with van der Waals surface area (Å²) < 4.78 is 10.5. The Balaban J connectivity index is 3.18. The Bertz CT molecular complexity index is 587. The van der Waals surface area contributed by atoms with E-state index in [0.29, 0.717) is 13.2 Å². The molecular weight excluding hydrogens is 564 g/mol. The fourth-order valence-electron chi connectivity index (χ4n) is 6.41. The molecule has 0 heterocycles. The molecular formula is C43H84O3. The molecule has 274 valence electrons. The quantitative estimate of drug-likeness (QED) is 0.0378. The largest absolute Gasteiger partial charge is 0.508 e. The number of hydrogen-bond acceptors (Lipinski definition) is 3. The number of unbranched alkanes of at least 4 members (excludes halogenated alkanes) is 33. The summed E-state index contributed by atoms with van der Waals surface area (Å²) in [6, 6.07) is 0. The van der Waals surface area contributed by atoms with Gasteiger partial charge in [-0.15, -0.1) is 0 Å². The fraction of sp³-hybridized carbons (Fsp3) is 0.930. The summed E-state index contributed by atoms with van der Waals surface area (Å²) in [5, 5.41) is 0. The van der Waals surface area contributed by atoms with E-state index in [1.807, 2.05) is 0 Å². The molecule has 0 saturated heterocycles. The highest BCUT2D eigenvalue weighted by molar-refractivity contribution is 5.59. The van der Waals surface area contributed by atoms with Crippen LogP contribution in [0.15, 0.2) is 12.2 Å². The Kier molecular flexibility index (Phi) is 41.1. The number of carbonyl (C=O) groups is 1. The van der Waals surface area contributed by atoms with Gasteiger partial charge in [0, 0.05) is 0 Å². The Morgan fingerprint density at radius 3 is 0.804 bits per heavy atom. The molecule has 0 aliphatic carbocycles. The first-order valence-electron chi connectivity index (χ1n) is 21.3. The molecule has 0 aliphatic heterocycles. The van der Waals surface area contributed by atoms with Crippen molar-refractivity contribution in [3.8, 4) is 0 Å². The van der Waals surface area contributed by atoms with Crippen molar-refractivity contribution in [3.63, 3.8) is 0 Å². The summed E-state index contributed by atoms with van der Waals surface area (Å²) in [6.07, 6.45) is 52.8. The van der Waals surface area contributed by atoms with Crippen LogP contribution in [0.25, 0.3) is 0 Å². The molecule has 0 radical (unpaired) electrons. The molecule has 0 aromatic rings. The van der Waals surface area contributed by atoms with E-state index in [4.69, 9.17) is 9.47 Å². The summed E-state index contributed by atoms with van der Waals surface area (Å²) in [4.78, 5) is 11.8. The molecule has 3 heteroatoms. The molecule has 0 N–H and O–H groups in total. The number of rotatable bonds is 39. The molecule has 0 saturated carbocycles. The van der Waals surface area contributed by atoms with E-state index < -0.39 is 6.16 Å². The highest BCUT2D eigenvalue weighted by atomic mass is 16.7. The lowest BCUT2D eigenvalue weighted by molar-refractivity contribution is 0.0529. The predicted octanol–water partition coefficient (Wildman–Crippen LogP) is 15.8. The van der Waals surface area contributed by atoms with E-state index in [1.165, 1.54) is 205 Å². The van der Waals surface area contributed by atoms with E-state index in [-0.39, 0.29) is 0 Å². The molecule has 3 nitrogen and oxygen atoms in total. The van der Waals surface area contributed by atoms with Gasteiger partial charge in [0.1, 0.15) is 0 Å². The third-order valence-electron chi connectivity index (χ3n) is 9.59. The van der Waals surface area contributed by atoms with E-state index in [1.54, 1.807) is 0 Å². The second kappa shape index (κ2) is 42.0. The maximum Gasteiger partial charge on any atom is 0.508 e. The molecule has 0 fully saturated rings. The zero-order valence-corrected chi connectivity index (χ0v) is 31.7. The topological polar surface area (TPSA) is 35.5 Å². The molecule has 0 aromatic carbocycles. The van der Waals surface area contributed by atoms with E-state index in [2.05, 4.69) is 26.0 Å². The van der Waals surface area contributed by atoms with Crippen LogP contribution in [0.1, 0.15) is 245 Å². The lowest BCUT2D eigenvalue weighted by Gasteiger charge is -2.06. The van der Waals surface area contributed by atoms with Crippen molar-refractivity contribution in [2.45, 2.75) is 245 Å². The van der Waals surface area contributed by atoms with Crippen molar-refractivity contribution >= 4 is 6.16 Å². The Hall–Kier alpha value is -0.990. The smallest absolute Gasteiger partial charge is 0.434 e. The van der Waals surface area contributed by atoms with Crippen molar-refractivity contribution in [2.24, 2.45) is 0 Å². The molecule has 0 aromatic heterocycles. The van der Waals surface area contributed by atoms with Gasteiger partial charge in [0.2, 0.25) is 0 Å². The summed E-state index contributed by atoms with van der Waals surface area (Å²) >= 11 is 0. The minimum Gasteiger partial charge on any atom is -0.434 e. The van der Waals surface area contributed by atoms with Gasteiger partial charge in [0.15, 0.2) is 0 Å². The summed E-state index contributed by atoms with van der Waals surface area (Å²) in [6.45, 7) is 5.59. The van der Waals surface area contributed by atoms with Gasteiger partial charge in [0.25, 0.3) is 0 Å². The van der Waals surface area contributed by atoms with Crippen LogP contribution in [0.2, 0.25) is 0 Å². The number of allylic oxidation sites excluding steroid dienone is 2. The number of carbonyl (C=O) groups excluding carboxylic acids is 1. The van der Waals surface area contributed by atoms with Crippen LogP contribution >= 0.6 is 0 Å². The van der Waals surface area contributed by atoms with Crippen LogP contribution in [-0.2, 0) is 9.47 Å². The summed E-state index contributed by atoms with van der Waals surface area (Å²) in [5.74, 6) is 0. The van der Waals surface area contributed by atoms with Crippen molar-refractivity contribution in [2.75, 3.05) is 13.2 Å². The standard InChI is InChI=1S/C43H84O3/c1-3-5-7-9-11-13-15-17-19-21-23-24-26-28-30-32-34-36-38-40-42-46-43(44)45-41-39-37-35-33-31-29-27-25-22-20-18-16-14-12-10-8-6-4-2/h22,25H,3-21,23-24,26-42H2,1-2H3/b25-22-. The van der Waals surface area contributed by atoms with E-state index in [9.17, 15) is 4.79 Å². The Morgan fingerprint density at radius 2 is 0.543 bits per heavy atom. The highest BCUT2D eigenvalue weighted by Gasteiger charge is 2.03. The van der Waals surface area contributed by atoms with Gasteiger partial charge >= 0.3 is 6.16 Å². The van der Waals surface area contributed by atoms with Crippen LogP contribution in [0, 0.1) is 0 Å². The zero-order chi connectivity index (χ0) is 33.3. The third kappa shape index (κ3) is 41.0. The lowest BCUT2D eigenvalue weighted by Crippen LogP contribution is -2.09. The van der Waals surface area contributed by atoms with Crippen LogP contribution in [-0.4, -0.2) is 19.4 Å². The maximum atomic E-state index is 11.8. The average Bonchev–Trinajstić information content (AvgIpc) is 3.06. The first-order valence-corrected chi connectivity index (χ1v) is 21.3. The predicted molar refractivity (Wildman–Crippen MR) is 204 cm³/mol. The van der Waals surface area contributed by atoms with Gasteiger partial charge in [0.05, 0.1) is 13.2 Å². The van der Waals surface area contributed by atoms with Gasteiger partial charge in [-0.2, -0.15) is 0 Å². The minimum atomic E-state index is -0.475. The molecule has 0 unspecified atom stereocenters. The molecule has 0 atom stereocenters. The van der Waals surface area contributed by atoms with Crippen molar-refractivity contribution < 1.29 is 14.3 Å². The normalized spacial score (nSPS) is 11.5. The van der Waals surface area contributed by atoms with Gasteiger partial charge in [-0.3, -0.25) is 0 Å². The first-order chi connectivity index (χ1) is 22.8. The van der Waals surface area contributed by atoms with Gasteiger partial charge in [-0.25, -0.2) is 4.79 Å². The molecule has 0 aliphatic rings. The van der Waals surface area contributed by atoms with Crippen LogP contribution in [0.4, 0.5) is 4.79 Å². The van der Waals surface area contributed by atoms with Gasteiger partial charge < -0.3 is 9.47 Å². The molecule has 0 spiro atoms. The van der Waals surface area contributed by atoms with Crippen molar-refractivity contribution in [1.82, 2.24) is 0 Å². The number of hydrogen-bond donors (Lipinski definition) is 0. The summed E-state index contributed by atoms with van der Waals surface area (Å²) in [7, 11) is 0. The first kappa shape index (κ1) is 45.0. The monoisotopic (exact) mass is 649 g/mol.